The Morgan fingerprint density at radius 2 is 1.84 bits per heavy atom. The SMILES string of the molecule is NNc1cc(C2CCCC2)nc(-c2ccncc2)n1. The molecule has 0 aromatic carbocycles. The monoisotopic (exact) mass is 255 g/mol. The van der Waals surface area contributed by atoms with Crippen LogP contribution in [0.25, 0.3) is 11.4 Å². The maximum absolute atomic E-state index is 5.51. The summed E-state index contributed by atoms with van der Waals surface area (Å²) < 4.78 is 0. The predicted octanol–water partition coefficient (Wildman–Crippen LogP) is 2.48. The molecule has 1 aliphatic carbocycles. The van der Waals surface area contributed by atoms with Crippen molar-refractivity contribution in [2.45, 2.75) is 31.6 Å². The molecule has 0 bridgehead atoms. The second-order valence-corrected chi connectivity index (χ2v) is 4.86. The lowest BCUT2D eigenvalue weighted by Gasteiger charge is -2.12. The van der Waals surface area contributed by atoms with Crippen LogP contribution in [0.2, 0.25) is 0 Å². The maximum atomic E-state index is 5.51. The van der Waals surface area contributed by atoms with E-state index in [0.29, 0.717) is 17.6 Å². The largest absolute Gasteiger partial charge is 0.308 e. The average Bonchev–Trinajstić information content (AvgIpc) is 3.02. The Morgan fingerprint density at radius 1 is 1.11 bits per heavy atom. The van der Waals surface area contributed by atoms with Gasteiger partial charge in [0.1, 0.15) is 5.82 Å². The fraction of sp³-hybridized carbons (Fsp3) is 0.357. The molecule has 0 aliphatic heterocycles. The number of pyridine rings is 1. The lowest BCUT2D eigenvalue weighted by molar-refractivity contribution is 0.695. The number of rotatable bonds is 3. The summed E-state index contributed by atoms with van der Waals surface area (Å²) in [4.78, 5) is 13.1. The van der Waals surface area contributed by atoms with Gasteiger partial charge in [-0.1, -0.05) is 12.8 Å². The first-order valence-corrected chi connectivity index (χ1v) is 6.63. The second kappa shape index (κ2) is 5.32. The third-order valence-corrected chi connectivity index (χ3v) is 3.61. The molecular formula is C14H17N5. The van der Waals surface area contributed by atoms with Crippen LogP contribution in [0.15, 0.2) is 30.6 Å². The molecule has 0 atom stereocenters. The van der Waals surface area contributed by atoms with Crippen molar-refractivity contribution >= 4 is 5.82 Å². The minimum Gasteiger partial charge on any atom is -0.308 e. The molecule has 3 N–H and O–H groups in total. The Hall–Kier alpha value is -2.01. The van der Waals surface area contributed by atoms with E-state index in [1.807, 2.05) is 18.2 Å². The third kappa shape index (κ3) is 2.56. The molecule has 0 spiro atoms. The summed E-state index contributed by atoms with van der Waals surface area (Å²) in [6.07, 6.45) is 8.47. The van der Waals surface area contributed by atoms with Crippen LogP contribution >= 0.6 is 0 Å². The molecule has 2 aromatic heterocycles. The van der Waals surface area contributed by atoms with Crippen LogP contribution in [-0.2, 0) is 0 Å². The molecule has 5 heteroatoms. The lowest BCUT2D eigenvalue weighted by atomic mass is 10.0. The van der Waals surface area contributed by atoms with Crippen molar-refractivity contribution in [3.63, 3.8) is 0 Å². The van der Waals surface area contributed by atoms with E-state index in [4.69, 9.17) is 10.8 Å². The Balaban J connectivity index is 2.02. The molecule has 1 aliphatic rings. The quantitative estimate of drug-likeness (QED) is 0.651. The molecule has 0 saturated heterocycles. The third-order valence-electron chi connectivity index (χ3n) is 3.61. The van der Waals surface area contributed by atoms with Crippen molar-refractivity contribution < 1.29 is 0 Å². The number of aromatic nitrogens is 3. The van der Waals surface area contributed by atoms with Crippen LogP contribution in [0.5, 0.6) is 0 Å². The molecule has 0 amide bonds. The highest BCUT2D eigenvalue weighted by Crippen LogP contribution is 2.34. The molecule has 0 radical (unpaired) electrons. The van der Waals surface area contributed by atoms with Gasteiger partial charge in [0.2, 0.25) is 0 Å². The molecule has 2 aromatic rings. The molecule has 19 heavy (non-hydrogen) atoms. The van der Waals surface area contributed by atoms with Gasteiger partial charge in [-0.25, -0.2) is 15.8 Å². The first-order chi connectivity index (χ1) is 9.36. The Bertz CT molecular complexity index is 549. The fourth-order valence-corrected chi connectivity index (χ4v) is 2.60. The summed E-state index contributed by atoms with van der Waals surface area (Å²) in [7, 11) is 0. The molecule has 2 heterocycles. The molecule has 98 valence electrons. The lowest BCUT2D eigenvalue weighted by Crippen LogP contribution is -2.11. The van der Waals surface area contributed by atoms with E-state index in [2.05, 4.69) is 15.4 Å². The van der Waals surface area contributed by atoms with Gasteiger partial charge in [-0.15, -0.1) is 0 Å². The number of nitrogens with two attached hydrogens (primary N) is 1. The van der Waals surface area contributed by atoms with Crippen molar-refractivity contribution in [3.05, 3.63) is 36.3 Å². The summed E-state index contributed by atoms with van der Waals surface area (Å²) in [6.45, 7) is 0. The zero-order valence-corrected chi connectivity index (χ0v) is 10.7. The number of hydrogen-bond donors (Lipinski definition) is 2. The van der Waals surface area contributed by atoms with Crippen LogP contribution in [0.1, 0.15) is 37.3 Å². The first kappa shape index (κ1) is 12.0. The van der Waals surface area contributed by atoms with Gasteiger partial charge in [-0.05, 0) is 25.0 Å². The second-order valence-electron chi connectivity index (χ2n) is 4.86. The summed E-state index contributed by atoms with van der Waals surface area (Å²) in [5, 5.41) is 0. The van der Waals surface area contributed by atoms with Gasteiger partial charge in [-0.2, -0.15) is 0 Å². The molecular weight excluding hydrogens is 238 g/mol. The molecule has 3 rings (SSSR count). The van der Waals surface area contributed by atoms with E-state index >= 15 is 0 Å². The van der Waals surface area contributed by atoms with Crippen molar-refractivity contribution in [1.29, 1.82) is 0 Å². The van der Waals surface area contributed by atoms with Gasteiger partial charge < -0.3 is 5.43 Å². The normalized spacial score (nSPS) is 15.6. The average molecular weight is 255 g/mol. The standard InChI is InChI=1S/C14H17N5/c15-19-13-9-12(10-3-1-2-4-10)17-14(18-13)11-5-7-16-8-6-11/h5-10H,1-4,15H2,(H,17,18,19). The van der Waals surface area contributed by atoms with E-state index in [9.17, 15) is 0 Å². The van der Waals surface area contributed by atoms with E-state index in [0.717, 1.165) is 11.3 Å². The number of hydrogen-bond acceptors (Lipinski definition) is 5. The number of nitrogens with one attached hydrogen (secondary N) is 1. The number of nitrogen functional groups attached to an aromatic ring is 1. The van der Waals surface area contributed by atoms with Crippen LogP contribution in [0.3, 0.4) is 0 Å². The Morgan fingerprint density at radius 3 is 2.53 bits per heavy atom. The van der Waals surface area contributed by atoms with Crippen LogP contribution in [0, 0.1) is 0 Å². The van der Waals surface area contributed by atoms with Crippen molar-refractivity contribution in [3.8, 4) is 11.4 Å². The van der Waals surface area contributed by atoms with Crippen molar-refractivity contribution in [2.75, 3.05) is 5.43 Å². The summed E-state index contributed by atoms with van der Waals surface area (Å²) in [6, 6.07) is 5.78. The fourth-order valence-electron chi connectivity index (χ4n) is 2.60. The predicted molar refractivity (Wildman–Crippen MR) is 74.3 cm³/mol. The van der Waals surface area contributed by atoms with Gasteiger partial charge in [0.05, 0.1) is 0 Å². The highest BCUT2D eigenvalue weighted by molar-refractivity contribution is 5.56. The van der Waals surface area contributed by atoms with Crippen molar-refractivity contribution in [1.82, 2.24) is 15.0 Å². The number of anilines is 1. The van der Waals surface area contributed by atoms with E-state index in [-0.39, 0.29) is 0 Å². The van der Waals surface area contributed by atoms with Gasteiger partial charge in [-0.3, -0.25) is 4.98 Å². The Labute approximate surface area is 112 Å². The molecule has 5 nitrogen and oxygen atoms in total. The summed E-state index contributed by atoms with van der Waals surface area (Å²) in [5.41, 5.74) is 4.69. The zero-order valence-electron chi connectivity index (χ0n) is 10.7. The van der Waals surface area contributed by atoms with Crippen molar-refractivity contribution in [2.24, 2.45) is 5.84 Å². The minimum atomic E-state index is 0.538. The molecule has 1 saturated carbocycles. The van der Waals surface area contributed by atoms with Gasteiger partial charge in [0, 0.05) is 35.6 Å². The zero-order chi connectivity index (χ0) is 13.1. The highest BCUT2D eigenvalue weighted by Gasteiger charge is 2.20. The number of nitrogens with zero attached hydrogens (tertiary/aromatic N) is 3. The van der Waals surface area contributed by atoms with Gasteiger partial charge >= 0.3 is 0 Å². The van der Waals surface area contributed by atoms with Crippen LogP contribution < -0.4 is 11.3 Å². The van der Waals surface area contributed by atoms with Crippen LogP contribution in [-0.4, -0.2) is 15.0 Å². The van der Waals surface area contributed by atoms with Gasteiger partial charge in [0.25, 0.3) is 0 Å². The topological polar surface area (TPSA) is 76.7 Å². The number of hydrazine groups is 1. The van der Waals surface area contributed by atoms with E-state index in [1.165, 1.54) is 25.7 Å². The van der Waals surface area contributed by atoms with E-state index < -0.39 is 0 Å². The maximum Gasteiger partial charge on any atom is 0.161 e. The van der Waals surface area contributed by atoms with Gasteiger partial charge in [0.15, 0.2) is 5.82 Å². The van der Waals surface area contributed by atoms with Crippen LogP contribution in [0.4, 0.5) is 5.82 Å². The first-order valence-electron chi connectivity index (χ1n) is 6.63. The summed E-state index contributed by atoms with van der Waals surface area (Å²) >= 11 is 0. The van der Waals surface area contributed by atoms with E-state index in [1.54, 1.807) is 12.4 Å². The Kier molecular flexibility index (Phi) is 3.37. The smallest absolute Gasteiger partial charge is 0.161 e. The molecule has 1 fully saturated rings. The minimum absolute atomic E-state index is 0.538. The summed E-state index contributed by atoms with van der Waals surface area (Å²) in [5.74, 6) is 7.43. The molecule has 0 unspecified atom stereocenters. The highest BCUT2D eigenvalue weighted by atomic mass is 15.3.